The van der Waals surface area contributed by atoms with Gasteiger partial charge in [0.25, 0.3) is 0 Å². The minimum absolute atomic E-state index is 0.105. The fourth-order valence-electron chi connectivity index (χ4n) is 1.43. The van der Waals surface area contributed by atoms with Crippen LogP contribution in [0.3, 0.4) is 0 Å². The van der Waals surface area contributed by atoms with Gasteiger partial charge < -0.3 is 9.47 Å². The molecule has 1 aromatic rings. The van der Waals surface area contributed by atoms with Crippen molar-refractivity contribution >= 4 is 42.6 Å². The molecule has 0 spiro atoms. The van der Waals surface area contributed by atoms with Crippen molar-refractivity contribution in [2.75, 3.05) is 14.2 Å². The van der Waals surface area contributed by atoms with E-state index >= 15 is 0 Å². The van der Waals surface area contributed by atoms with E-state index in [4.69, 9.17) is 21.1 Å². The Labute approximate surface area is 116 Å². The first-order chi connectivity index (χ1) is 7.93. The van der Waals surface area contributed by atoms with Gasteiger partial charge in [-0.05, 0) is 22.0 Å². The van der Waals surface area contributed by atoms with Gasteiger partial charge >= 0.3 is 0 Å². The Hall–Kier alpha value is -0.310. The maximum atomic E-state index is 12.1. The highest BCUT2D eigenvalue weighted by molar-refractivity contribution is 9.10. The quantitative estimate of drug-likeness (QED) is 0.621. The number of carbonyl (C=O) groups is 1. The van der Waals surface area contributed by atoms with Crippen LogP contribution < -0.4 is 9.47 Å². The number of methoxy groups -OCH3 is 2. The molecule has 1 rings (SSSR count). The van der Waals surface area contributed by atoms with Crippen molar-refractivity contribution in [3.05, 3.63) is 21.1 Å². The minimum Gasteiger partial charge on any atom is -0.495 e. The fourth-order valence-corrected chi connectivity index (χ4v) is 2.60. The Morgan fingerprint density at radius 1 is 1.41 bits per heavy atom. The third kappa shape index (κ3) is 2.93. The Balaban J connectivity index is 3.57. The number of benzene rings is 1. The van der Waals surface area contributed by atoms with E-state index in [9.17, 15) is 4.79 Å². The molecule has 94 valence electrons. The van der Waals surface area contributed by atoms with Crippen LogP contribution in [0.1, 0.15) is 17.3 Å². The molecule has 0 saturated heterocycles. The number of rotatable bonds is 4. The second kappa shape index (κ2) is 6.03. The summed E-state index contributed by atoms with van der Waals surface area (Å²) in [6, 6.07) is 1.64. The number of carbonyl (C=O) groups excluding carboxylic acids is 1. The summed E-state index contributed by atoms with van der Waals surface area (Å²) in [6.45, 7) is 1.78. The van der Waals surface area contributed by atoms with Gasteiger partial charge in [0.05, 0.1) is 23.7 Å². The van der Waals surface area contributed by atoms with Crippen LogP contribution in [0.4, 0.5) is 0 Å². The van der Waals surface area contributed by atoms with Gasteiger partial charge in [-0.25, -0.2) is 0 Å². The van der Waals surface area contributed by atoms with Crippen LogP contribution in [0.2, 0.25) is 5.02 Å². The van der Waals surface area contributed by atoms with Crippen LogP contribution in [0.15, 0.2) is 10.5 Å². The molecule has 6 heteroatoms. The van der Waals surface area contributed by atoms with Crippen molar-refractivity contribution in [1.82, 2.24) is 0 Å². The van der Waals surface area contributed by atoms with Gasteiger partial charge in [0.1, 0.15) is 11.3 Å². The summed E-state index contributed by atoms with van der Waals surface area (Å²) in [6.07, 6.45) is 0. The van der Waals surface area contributed by atoms with Gasteiger partial charge in [0.2, 0.25) is 0 Å². The fraction of sp³-hybridized carbons (Fsp3) is 0.364. The summed E-state index contributed by atoms with van der Waals surface area (Å²) >= 11 is 9.36. The van der Waals surface area contributed by atoms with Gasteiger partial charge in [-0.15, -0.1) is 9.24 Å². The molecule has 0 saturated carbocycles. The van der Waals surface area contributed by atoms with Crippen molar-refractivity contribution in [3.63, 3.8) is 0 Å². The number of Topliss-reactive ketones (excluding diaryl/α,β-unsaturated/α-hetero) is 1. The van der Waals surface area contributed by atoms with Crippen LogP contribution in [0, 0.1) is 0 Å². The molecule has 0 amide bonds. The van der Waals surface area contributed by atoms with Crippen molar-refractivity contribution in [2.45, 2.75) is 12.6 Å². The first-order valence-electron chi connectivity index (χ1n) is 4.83. The summed E-state index contributed by atoms with van der Waals surface area (Å²) in [5.74, 6) is 0.670. The van der Waals surface area contributed by atoms with Crippen molar-refractivity contribution in [3.8, 4) is 11.5 Å². The van der Waals surface area contributed by atoms with Gasteiger partial charge in [-0.1, -0.05) is 18.5 Å². The number of ketones is 1. The van der Waals surface area contributed by atoms with Gasteiger partial charge in [0.15, 0.2) is 11.5 Å². The summed E-state index contributed by atoms with van der Waals surface area (Å²) in [7, 11) is 5.41. The molecule has 0 aliphatic carbocycles. The standard InChI is InChI=1S/C11H13BrClO3P/c1-5(17)9(14)8-10(15-2)6(12)4-7(13)11(8)16-3/h4-5H,17H2,1-3H3. The lowest BCUT2D eigenvalue weighted by Crippen LogP contribution is -2.13. The maximum Gasteiger partial charge on any atom is 0.176 e. The average molecular weight is 340 g/mol. The van der Waals surface area contributed by atoms with Crippen LogP contribution in [0.5, 0.6) is 11.5 Å². The van der Waals surface area contributed by atoms with E-state index in [0.29, 0.717) is 26.6 Å². The smallest absolute Gasteiger partial charge is 0.176 e. The van der Waals surface area contributed by atoms with E-state index in [1.54, 1.807) is 13.0 Å². The third-order valence-corrected chi connectivity index (χ3v) is 3.38. The van der Waals surface area contributed by atoms with E-state index in [0.717, 1.165) is 0 Å². The molecule has 3 nitrogen and oxygen atoms in total. The van der Waals surface area contributed by atoms with E-state index < -0.39 is 0 Å². The first-order valence-corrected chi connectivity index (χ1v) is 6.67. The molecule has 0 heterocycles. The maximum absolute atomic E-state index is 12.1. The molecular weight excluding hydrogens is 326 g/mol. The SMILES string of the molecule is COc1c(Cl)cc(Br)c(OC)c1C(=O)C(C)P. The second-order valence-corrected chi connectivity index (χ2v) is 5.70. The van der Waals surface area contributed by atoms with E-state index in [1.165, 1.54) is 14.2 Å². The topological polar surface area (TPSA) is 35.5 Å². The second-order valence-electron chi connectivity index (χ2n) is 3.43. The normalized spacial score (nSPS) is 12.1. The third-order valence-electron chi connectivity index (χ3n) is 2.21. The predicted molar refractivity (Wildman–Crippen MR) is 75.8 cm³/mol. The van der Waals surface area contributed by atoms with E-state index in [-0.39, 0.29) is 11.4 Å². The van der Waals surface area contributed by atoms with Crippen LogP contribution in [-0.2, 0) is 0 Å². The van der Waals surface area contributed by atoms with Gasteiger partial charge in [-0.2, -0.15) is 0 Å². The minimum atomic E-state index is -0.247. The van der Waals surface area contributed by atoms with E-state index in [2.05, 4.69) is 25.2 Å². The van der Waals surface area contributed by atoms with Crippen LogP contribution in [-0.4, -0.2) is 25.7 Å². The molecule has 2 unspecified atom stereocenters. The summed E-state index contributed by atoms with van der Waals surface area (Å²) in [5.41, 5.74) is 0.111. The number of hydrogen-bond donors (Lipinski definition) is 0. The molecule has 2 atom stereocenters. The summed E-state index contributed by atoms with van der Waals surface area (Å²) in [5, 5.41) is 0.370. The zero-order chi connectivity index (χ0) is 13.2. The predicted octanol–water partition coefficient (Wildman–Crippen LogP) is 3.57. The zero-order valence-corrected chi connectivity index (χ0v) is 13.2. The highest BCUT2D eigenvalue weighted by atomic mass is 79.9. The first kappa shape index (κ1) is 14.7. The van der Waals surface area contributed by atoms with Crippen molar-refractivity contribution in [2.24, 2.45) is 0 Å². The van der Waals surface area contributed by atoms with E-state index in [1.807, 2.05) is 0 Å². The highest BCUT2D eigenvalue weighted by Crippen LogP contribution is 2.42. The Bertz CT molecular complexity index is 421. The number of ether oxygens (including phenoxy) is 2. The average Bonchev–Trinajstić information content (AvgIpc) is 2.27. The lowest BCUT2D eigenvalue weighted by atomic mass is 10.1. The van der Waals surface area contributed by atoms with Crippen LogP contribution in [0.25, 0.3) is 0 Å². The number of halogens is 2. The molecular formula is C11H13BrClO3P. The molecule has 0 N–H and O–H groups in total. The van der Waals surface area contributed by atoms with Gasteiger partial charge in [-0.3, -0.25) is 4.79 Å². The van der Waals surface area contributed by atoms with Crippen LogP contribution >= 0.6 is 36.8 Å². The Morgan fingerprint density at radius 2 is 1.94 bits per heavy atom. The Kier molecular flexibility index (Phi) is 5.23. The summed E-state index contributed by atoms with van der Waals surface area (Å²) < 4.78 is 11.0. The molecule has 1 aromatic carbocycles. The molecule has 0 aliphatic heterocycles. The molecule has 0 aromatic heterocycles. The Morgan fingerprint density at radius 3 is 2.35 bits per heavy atom. The number of hydrogen-bond acceptors (Lipinski definition) is 3. The molecule has 0 aliphatic rings. The summed E-state index contributed by atoms with van der Waals surface area (Å²) in [4.78, 5) is 12.1. The van der Waals surface area contributed by atoms with Crippen molar-refractivity contribution in [1.29, 1.82) is 0 Å². The zero-order valence-electron chi connectivity index (χ0n) is 9.71. The van der Waals surface area contributed by atoms with Crippen molar-refractivity contribution < 1.29 is 14.3 Å². The lowest BCUT2D eigenvalue weighted by molar-refractivity contribution is 0.0987. The monoisotopic (exact) mass is 338 g/mol. The molecule has 0 bridgehead atoms. The van der Waals surface area contributed by atoms with Gasteiger partial charge in [0, 0.05) is 5.66 Å². The largest absolute Gasteiger partial charge is 0.495 e. The highest BCUT2D eigenvalue weighted by Gasteiger charge is 2.25. The molecule has 0 fully saturated rings. The molecule has 0 radical (unpaired) electrons. The lowest BCUT2D eigenvalue weighted by Gasteiger charge is -2.16. The molecule has 17 heavy (non-hydrogen) atoms.